The van der Waals surface area contributed by atoms with Crippen molar-refractivity contribution in [1.82, 2.24) is 10.2 Å². The first-order valence-electron chi connectivity index (χ1n) is 3.95. The second-order valence-electron chi connectivity index (χ2n) is 3.49. The van der Waals surface area contributed by atoms with Gasteiger partial charge in [-0.1, -0.05) is 11.6 Å². The fourth-order valence-electron chi connectivity index (χ4n) is 0.944. The molecular formula is C8H8ClF3N2O. The molecule has 1 aromatic rings. The molecule has 1 rings (SSSR count). The number of halogens is 4. The van der Waals surface area contributed by atoms with Gasteiger partial charge in [-0.2, -0.15) is 13.2 Å². The molecule has 0 bridgehead atoms. The summed E-state index contributed by atoms with van der Waals surface area (Å²) in [4.78, 5) is 0. The molecule has 0 saturated carbocycles. The maximum absolute atomic E-state index is 12.3. The number of nitrogens with zero attached hydrogens (tertiary/aromatic N) is 2. The molecule has 1 N–H and O–H groups in total. The topological polar surface area (TPSA) is 46.0 Å². The van der Waals surface area contributed by atoms with Gasteiger partial charge >= 0.3 is 6.18 Å². The van der Waals surface area contributed by atoms with E-state index in [1.54, 1.807) is 0 Å². The van der Waals surface area contributed by atoms with Crippen molar-refractivity contribution in [2.45, 2.75) is 25.6 Å². The van der Waals surface area contributed by atoms with Crippen molar-refractivity contribution < 1.29 is 18.3 Å². The van der Waals surface area contributed by atoms with Crippen LogP contribution in [0.25, 0.3) is 0 Å². The molecule has 3 nitrogen and oxygen atoms in total. The Morgan fingerprint density at radius 1 is 1.27 bits per heavy atom. The smallest absolute Gasteiger partial charge is 0.386 e. The third-order valence-corrected chi connectivity index (χ3v) is 1.98. The first-order chi connectivity index (χ1) is 6.62. The van der Waals surface area contributed by atoms with Crippen LogP contribution in [0.4, 0.5) is 13.2 Å². The van der Waals surface area contributed by atoms with Crippen molar-refractivity contribution in [3.05, 3.63) is 22.5 Å². The van der Waals surface area contributed by atoms with E-state index in [-0.39, 0.29) is 10.7 Å². The molecule has 0 aliphatic rings. The zero-order chi connectivity index (χ0) is 11.9. The monoisotopic (exact) mass is 240 g/mol. The zero-order valence-electron chi connectivity index (χ0n) is 7.93. The first-order valence-corrected chi connectivity index (χ1v) is 4.33. The van der Waals surface area contributed by atoms with Gasteiger partial charge in [-0.05, 0) is 19.9 Å². The van der Waals surface area contributed by atoms with Gasteiger partial charge in [0.25, 0.3) is 0 Å². The summed E-state index contributed by atoms with van der Waals surface area (Å²) in [5.41, 5.74) is -2.77. The lowest BCUT2D eigenvalue weighted by molar-refractivity contribution is -0.141. The fraction of sp³-hybridized carbons (Fsp3) is 0.500. The minimum atomic E-state index is -4.60. The number of hydrogen-bond donors (Lipinski definition) is 1. The van der Waals surface area contributed by atoms with Gasteiger partial charge in [0.2, 0.25) is 0 Å². The summed E-state index contributed by atoms with van der Waals surface area (Å²) in [6, 6.07) is 0.690. The van der Waals surface area contributed by atoms with Crippen molar-refractivity contribution in [1.29, 1.82) is 0 Å². The van der Waals surface area contributed by atoms with Gasteiger partial charge < -0.3 is 5.11 Å². The molecule has 84 valence electrons. The minimum absolute atomic E-state index is 0.105. The standard InChI is InChI=1S/C8H8ClF3N2O/c1-7(2,15)4-3-5(8(10,11)12)13-14-6(4)9/h3,15H,1-2H3. The molecule has 0 atom stereocenters. The number of hydrogen-bond acceptors (Lipinski definition) is 3. The van der Waals surface area contributed by atoms with Crippen LogP contribution in [-0.4, -0.2) is 15.3 Å². The van der Waals surface area contributed by atoms with E-state index in [2.05, 4.69) is 10.2 Å². The Balaban J connectivity index is 3.30. The highest BCUT2D eigenvalue weighted by Crippen LogP contribution is 2.32. The minimum Gasteiger partial charge on any atom is -0.386 e. The fourth-order valence-corrected chi connectivity index (χ4v) is 1.27. The van der Waals surface area contributed by atoms with Crippen LogP contribution in [0, 0.1) is 0 Å². The van der Waals surface area contributed by atoms with E-state index >= 15 is 0 Å². The normalized spacial score (nSPS) is 13.0. The largest absolute Gasteiger partial charge is 0.435 e. The highest BCUT2D eigenvalue weighted by molar-refractivity contribution is 6.30. The Hall–Kier alpha value is -0.880. The summed E-state index contributed by atoms with van der Waals surface area (Å²) in [5, 5.41) is 15.4. The van der Waals surface area contributed by atoms with Crippen LogP contribution >= 0.6 is 11.6 Å². The van der Waals surface area contributed by atoms with Crippen LogP contribution in [0.15, 0.2) is 6.07 Å². The summed E-state index contributed by atoms with van der Waals surface area (Å²) >= 11 is 5.53. The molecule has 0 fully saturated rings. The molecule has 15 heavy (non-hydrogen) atoms. The second kappa shape index (κ2) is 3.61. The average molecular weight is 241 g/mol. The number of aromatic nitrogens is 2. The molecule has 0 aliphatic carbocycles. The Labute approximate surface area is 88.9 Å². The predicted octanol–water partition coefficient (Wildman–Crippen LogP) is 2.38. The summed E-state index contributed by atoms with van der Waals surface area (Å²) in [6.45, 7) is 2.63. The third kappa shape index (κ3) is 2.79. The van der Waals surface area contributed by atoms with Gasteiger partial charge in [0.15, 0.2) is 10.8 Å². The second-order valence-corrected chi connectivity index (χ2v) is 3.85. The van der Waals surface area contributed by atoms with E-state index in [1.165, 1.54) is 13.8 Å². The van der Waals surface area contributed by atoms with E-state index in [0.29, 0.717) is 6.07 Å². The molecule has 0 radical (unpaired) electrons. The van der Waals surface area contributed by atoms with Crippen LogP contribution < -0.4 is 0 Å². The summed E-state index contributed by atoms with van der Waals surface area (Å²) < 4.78 is 36.8. The molecule has 1 aromatic heterocycles. The van der Waals surface area contributed by atoms with Crippen LogP contribution in [-0.2, 0) is 11.8 Å². The lowest BCUT2D eigenvalue weighted by Crippen LogP contribution is -2.20. The molecule has 0 saturated heterocycles. The zero-order valence-corrected chi connectivity index (χ0v) is 8.69. The average Bonchev–Trinajstić information content (AvgIpc) is 2.00. The highest BCUT2D eigenvalue weighted by Gasteiger charge is 2.35. The number of aliphatic hydroxyl groups is 1. The van der Waals surface area contributed by atoms with Crippen molar-refractivity contribution >= 4 is 11.6 Å². The molecule has 0 unspecified atom stereocenters. The summed E-state index contributed by atoms with van der Waals surface area (Å²) in [5.74, 6) is 0. The Bertz CT molecular complexity index is 373. The highest BCUT2D eigenvalue weighted by atomic mass is 35.5. The summed E-state index contributed by atoms with van der Waals surface area (Å²) in [6.07, 6.45) is -4.60. The lowest BCUT2D eigenvalue weighted by Gasteiger charge is -2.19. The first kappa shape index (κ1) is 12.2. The van der Waals surface area contributed by atoms with Gasteiger partial charge in [0.05, 0.1) is 5.60 Å². The molecular weight excluding hydrogens is 233 g/mol. The van der Waals surface area contributed by atoms with Gasteiger partial charge in [-0.3, -0.25) is 0 Å². The summed E-state index contributed by atoms with van der Waals surface area (Å²) in [7, 11) is 0. The van der Waals surface area contributed by atoms with Crippen molar-refractivity contribution in [2.24, 2.45) is 0 Å². The SMILES string of the molecule is CC(C)(O)c1cc(C(F)(F)F)nnc1Cl. The van der Waals surface area contributed by atoms with E-state index in [1.807, 2.05) is 0 Å². The predicted molar refractivity (Wildman–Crippen MR) is 47.3 cm³/mol. The van der Waals surface area contributed by atoms with Crippen molar-refractivity contribution in [3.8, 4) is 0 Å². The maximum atomic E-state index is 12.3. The lowest BCUT2D eigenvalue weighted by atomic mass is 10.0. The molecule has 1 heterocycles. The van der Waals surface area contributed by atoms with Gasteiger partial charge in [0.1, 0.15) is 0 Å². The Kier molecular flexibility index (Phi) is 2.93. The molecule has 0 aliphatic heterocycles. The Morgan fingerprint density at radius 2 is 1.80 bits per heavy atom. The quantitative estimate of drug-likeness (QED) is 0.820. The number of rotatable bonds is 1. The van der Waals surface area contributed by atoms with Crippen LogP contribution in [0.3, 0.4) is 0 Å². The third-order valence-electron chi connectivity index (χ3n) is 1.70. The van der Waals surface area contributed by atoms with Crippen molar-refractivity contribution in [2.75, 3.05) is 0 Å². The Morgan fingerprint density at radius 3 is 2.20 bits per heavy atom. The maximum Gasteiger partial charge on any atom is 0.435 e. The van der Waals surface area contributed by atoms with E-state index in [9.17, 15) is 18.3 Å². The van der Waals surface area contributed by atoms with Gasteiger partial charge in [-0.25, -0.2) is 0 Å². The van der Waals surface area contributed by atoms with E-state index in [4.69, 9.17) is 11.6 Å². The van der Waals surface area contributed by atoms with Crippen molar-refractivity contribution in [3.63, 3.8) is 0 Å². The molecule has 7 heteroatoms. The molecule has 0 aromatic carbocycles. The van der Waals surface area contributed by atoms with Gasteiger partial charge in [-0.15, -0.1) is 10.2 Å². The van der Waals surface area contributed by atoms with Gasteiger partial charge in [0, 0.05) is 5.56 Å². The van der Waals surface area contributed by atoms with Crippen LogP contribution in [0.2, 0.25) is 5.15 Å². The van der Waals surface area contributed by atoms with E-state index in [0.717, 1.165) is 0 Å². The molecule has 0 amide bonds. The van der Waals surface area contributed by atoms with E-state index < -0.39 is 17.5 Å². The van der Waals surface area contributed by atoms with Crippen LogP contribution in [0.1, 0.15) is 25.1 Å². The number of alkyl halides is 3. The molecule has 0 spiro atoms. The van der Waals surface area contributed by atoms with Crippen LogP contribution in [0.5, 0.6) is 0 Å².